The Hall–Kier alpha value is -1.20. The van der Waals surface area contributed by atoms with Crippen molar-refractivity contribution in [1.82, 2.24) is 20.1 Å². The van der Waals surface area contributed by atoms with Gasteiger partial charge in [0.05, 0.1) is 28.1 Å². The summed E-state index contributed by atoms with van der Waals surface area (Å²) in [6.07, 6.45) is 4.79. The number of aromatic nitrogens is 3. The van der Waals surface area contributed by atoms with Crippen molar-refractivity contribution in [2.24, 2.45) is 0 Å². The fourth-order valence-corrected chi connectivity index (χ4v) is 2.84. The normalized spacial score (nSPS) is 12.6. The van der Waals surface area contributed by atoms with Gasteiger partial charge in [-0.1, -0.05) is 13.8 Å². The standard InChI is InChI=1S/C15H21BrN4/c1-4-8-20-15(12(16)10-19-20)14(17-5-2)13-9-11(3)6-7-18-13/h6-7,9-10,14,17H,4-5,8H2,1-3H3. The summed E-state index contributed by atoms with van der Waals surface area (Å²) < 4.78 is 3.08. The first-order valence-corrected chi connectivity index (χ1v) is 7.83. The van der Waals surface area contributed by atoms with E-state index in [2.05, 4.69) is 62.8 Å². The first kappa shape index (κ1) is 15.2. The van der Waals surface area contributed by atoms with Gasteiger partial charge in [0.15, 0.2) is 0 Å². The van der Waals surface area contributed by atoms with E-state index < -0.39 is 0 Å². The molecule has 1 N–H and O–H groups in total. The van der Waals surface area contributed by atoms with Crippen LogP contribution >= 0.6 is 15.9 Å². The molecule has 0 aromatic carbocycles. The lowest BCUT2D eigenvalue weighted by Gasteiger charge is -2.20. The number of pyridine rings is 1. The number of rotatable bonds is 6. The number of hydrogen-bond donors (Lipinski definition) is 1. The molecule has 0 aliphatic heterocycles. The van der Waals surface area contributed by atoms with Gasteiger partial charge in [-0.15, -0.1) is 0 Å². The molecule has 0 aliphatic carbocycles. The van der Waals surface area contributed by atoms with E-state index >= 15 is 0 Å². The smallest absolute Gasteiger partial charge is 0.0933 e. The van der Waals surface area contributed by atoms with Crippen LogP contribution in [0, 0.1) is 6.92 Å². The molecule has 0 saturated carbocycles. The fourth-order valence-electron chi connectivity index (χ4n) is 2.31. The molecule has 0 bridgehead atoms. The Morgan fingerprint density at radius 1 is 1.40 bits per heavy atom. The first-order valence-electron chi connectivity index (χ1n) is 7.04. The summed E-state index contributed by atoms with van der Waals surface area (Å²) in [5, 5.41) is 7.97. The van der Waals surface area contributed by atoms with Crippen molar-refractivity contribution in [2.75, 3.05) is 6.54 Å². The molecule has 5 heteroatoms. The maximum Gasteiger partial charge on any atom is 0.0933 e. The maximum atomic E-state index is 4.53. The Bertz CT molecular complexity index is 565. The van der Waals surface area contributed by atoms with E-state index in [-0.39, 0.29) is 6.04 Å². The lowest BCUT2D eigenvalue weighted by molar-refractivity contribution is 0.513. The lowest BCUT2D eigenvalue weighted by Crippen LogP contribution is -2.26. The molecule has 2 rings (SSSR count). The van der Waals surface area contributed by atoms with Gasteiger partial charge in [-0.2, -0.15) is 5.10 Å². The second-order valence-electron chi connectivity index (χ2n) is 4.85. The molecule has 0 radical (unpaired) electrons. The van der Waals surface area contributed by atoms with E-state index in [0.29, 0.717) is 0 Å². The number of aryl methyl sites for hydroxylation is 2. The number of nitrogens with zero attached hydrogens (tertiary/aromatic N) is 3. The summed E-state index contributed by atoms with van der Waals surface area (Å²) in [4.78, 5) is 4.53. The lowest BCUT2D eigenvalue weighted by atomic mass is 10.1. The molecule has 20 heavy (non-hydrogen) atoms. The topological polar surface area (TPSA) is 42.7 Å². The third-order valence-corrected chi connectivity index (χ3v) is 3.79. The number of halogens is 1. The van der Waals surface area contributed by atoms with Gasteiger partial charge in [-0.25, -0.2) is 0 Å². The molecule has 0 spiro atoms. The second kappa shape index (κ2) is 6.99. The third kappa shape index (κ3) is 3.27. The zero-order valence-corrected chi connectivity index (χ0v) is 13.8. The van der Waals surface area contributed by atoms with Crippen LogP contribution in [0.25, 0.3) is 0 Å². The summed E-state index contributed by atoms with van der Waals surface area (Å²) in [6, 6.07) is 4.21. The Morgan fingerprint density at radius 3 is 2.85 bits per heavy atom. The highest BCUT2D eigenvalue weighted by atomic mass is 79.9. The number of nitrogens with one attached hydrogen (secondary N) is 1. The molecular formula is C15H21BrN4. The molecule has 2 heterocycles. The van der Waals surface area contributed by atoms with Crippen LogP contribution in [0.2, 0.25) is 0 Å². The van der Waals surface area contributed by atoms with Gasteiger partial charge < -0.3 is 5.32 Å². The Kier molecular flexibility index (Phi) is 5.31. The highest BCUT2D eigenvalue weighted by molar-refractivity contribution is 9.10. The Labute approximate surface area is 128 Å². The largest absolute Gasteiger partial charge is 0.304 e. The van der Waals surface area contributed by atoms with Crippen molar-refractivity contribution in [2.45, 2.75) is 39.8 Å². The van der Waals surface area contributed by atoms with E-state index in [4.69, 9.17) is 0 Å². The molecule has 1 atom stereocenters. The molecule has 2 aromatic rings. The van der Waals surface area contributed by atoms with Gasteiger partial charge in [-0.05, 0) is 53.5 Å². The predicted molar refractivity (Wildman–Crippen MR) is 84.7 cm³/mol. The average molecular weight is 337 g/mol. The summed E-state index contributed by atoms with van der Waals surface area (Å²) in [6.45, 7) is 8.15. The van der Waals surface area contributed by atoms with Crippen LogP contribution in [0.5, 0.6) is 0 Å². The molecule has 108 valence electrons. The highest BCUT2D eigenvalue weighted by Crippen LogP contribution is 2.28. The van der Waals surface area contributed by atoms with Gasteiger partial charge in [0.1, 0.15) is 0 Å². The number of hydrogen-bond acceptors (Lipinski definition) is 3. The van der Waals surface area contributed by atoms with Gasteiger partial charge >= 0.3 is 0 Å². The molecule has 0 saturated heterocycles. The van der Waals surface area contributed by atoms with Gasteiger partial charge in [0, 0.05) is 12.7 Å². The Balaban J connectivity index is 2.45. The quantitative estimate of drug-likeness (QED) is 0.878. The first-order chi connectivity index (χ1) is 9.67. The van der Waals surface area contributed by atoms with Gasteiger partial charge in [-0.3, -0.25) is 9.67 Å². The van der Waals surface area contributed by atoms with Crippen molar-refractivity contribution in [3.63, 3.8) is 0 Å². The minimum Gasteiger partial charge on any atom is -0.304 e. The van der Waals surface area contributed by atoms with Crippen LogP contribution in [0.1, 0.15) is 43.3 Å². The fraction of sp³-hybridized carbons (Fsp3) is 0.467. The van der Waals surface area contributed by atoms with Crippen molar-refractivity contribution >= 4 is 15.9 Å². The average Bonchev–Trinajstić information content (AvgIpc) is 2.78. The van der Waals surface area contributed by atoms with Crippen LogP contribution in [-0.2, 0) is 6.54 Å². The van der Waals surface area contributed by atoms with Crippen LogP contribution < -0.4 is 5.32 Å². The maximum absolute atomic E-state index is 4.53. The van der Waals surface area contributed by atoms with Crippen LogP contribution in [-0.4, -0.2) is 21.3 Å². The van der Waals surface area contributed by atoms with E-state index in [0.717, 1.165) is 35.4 Å². The molecule has 2 aromatic heterocycles. The SMILES string of the molecule is CCCn1ncc(Br)c1C(NCC)c1cc(C)ccn1. The van der Waals surface area contributed by atoms with Gasteiger partial charge in [0.25, 0.3) is 0 Å². The summed E-state index contributed by atoms with van der Waals surface area (Å²) >= 11 is 3.62. The summed E-state index contributed by atoms with van der Waals surface area (Å²) in [5.74, 6) is 0. The minimum atomic E-state index is 0.0586. The van der Waals surface area contributed by atoms with Crippen molar-refractivity contribution in [1.29, 1.82) is 0 Å². The molecule has 4 nitrogen and oxygen atoms in total. The van der Waals surface area contributed by atoms with Crippen molar-refractivity contribution in [3.8, 4) is 0 Å². The van der Waals surface area contributed by atoms with Gasteiger partial charge in [0.2, 0.25) is 0 Å². The molecule has 0 aliphatic rings. The predicted octanol–water partition coefficient (Wildman–Crippen LogP) is 3.46. The van der Waals surface area contributed by atoms with Crippen LogP contribution in [0.3, 0.4) is 0 Å². The van der Waals surface area contributed by atoms with E-state index in [1.165, 1.54) is 5.56 Å². The summed E-state index contributed by atoms with van der Waals surface area (Å²) in [5.41, 5.74) is 3.40. The van der Waals surface area contributed by atoms with E-state index in [9.17, 15) is 0 Å². The van der Waals surface area contributed by atoms with Crippen LogP contribution in [0.15, 0.2) is 29.0 Å². The molecule has 0 amide bonds. The van der Waals surface area contributed by atoms with Crippen molar-refractivity contribution < 1.29 is 0 Å². The highest BCUT2D eigenvalue weighted by Gasteiger charge is 2.22. The van der Waals surface area contributed by atoms with E-state index in [1.807, 2.05) is 18.5 Å². The minimum absolute atomic E-state index is 0.0586. The monoisotopic (exact) mass is 336 g/mol. The van der Waals surface area contributed by atoms with Crippen molar-refractivity contribution in [3.05, 3.63) is 46.0 Å². The third-order valence-electron chi connectivity index (χ3n) is 3.18. The van der Waals surface area contributed by atoms with E-state index in [1.54, 1.807) is 0 Å². The molecule has 0 fully saturated rings. The zero-order valence-electron chi connectivity index (χ0n) is 12.2. The molecular weight excluding hydrogens is 316 g/mol. The second-order valence-corrected chi connectivity index (χ2v) is 5.70. The Morgan fingerprint density at radius 2 is 2.20 bits per heavy atom. The summed E-state index contributed by atoms with van der Waals surface area (Å²) in [7, 11) is 0. The van der Waals surface area contributed by atoms with Crippen LogP contribution in [0.4, 0.5) is 0 Å². The molecule has 1 unspecified atom stereocenters. The zero-order chi connectivity index (χ0) is 14.5.